The first-order valence-electron chi connectivity index (χ1n) is 5.73. The highest BCUT2D eigenvalue weighted by atomic mass is 32.1. The average molecular weight is 273 g/mol. The number of nitrogens with zero attached hydrogens (tertiary/aromatic N) is 4. The van der Waals surface area contributed by atoms with Gasteiger partial charge in [0.15, 0.2) is 0 Å². The van der Waals surface area contributed by atoms with Crippen molar-refractivity contribution >= 4 is 22.2 Å². The maximum atomic E-state index is 11.9. The molecule has 96 valence electrons. The second-order valence-electron chi connectivity index (χ2n) is 4.14. The molecule has 0 spiro atoms. The van der Waals surface area contributed by atoms with E-state index in [4.69, 9.17) is 0 Å². The van der Waals surface area contributed by atoms with Crippen LogP contribution in [0.25, 0.3) is 4.96 Å². The average Bonchev–Trinajstić information content (AvgIpc) is 2.96. The summed E-state index contributed by atoms with van der Waals surface area (Å²) in [7, 11) is 0. The van der Waals surface area contributed by atoms with Gasteiger partial charge in [0.1, 0.15) is 6.33 Å². The summed E-state index contributed by atoms with van der Waals surface area (Å²) in [5.74, 6) is -0.197. The Kier molecular flexibility index (Phi) is 2.96. The van der Waals surface area contributed by atoms with Gasteiger partial charge in [0, 0.05) is 6.54 Å². The van der Waals surface area contributed by atoms with Gasteiger partial charge in [0.05, 0.1) is 0 Å². The summed E-state index contributed by atoms with van der Waals surface area (Å²) >= 11 is 1.22. The highest BCUT2D eigenvalue weighted by molar-refractivity contribution is 7.18. The molecule has 0 aliphatic rings. The molecule has 1 amide bonds. The summed E-state index contributed by atoms with van der Waals surface area (Å²) in [5.41, 5.74) is 2.24. The summed E-state index contributed by atoms with van der Waals surface area (Å²) in [6.07, 6.45) is 1.48. The zero-order chi connectivity index (χ0) is 13.2. The van der Waals surface area contributed by atoms with Crippen molar-refractivity contribution in [3.8, 4) is 0 Å². The van der Waals surface area contributed by atoms with Crippen LogP contribution >= 0.6 is 11.3 Å². The Bertz CT molecular complexity index is 704. The number of carbonyl (C=O) groups is 1. The predicted octanol–water partition coefficient (Wildman–Crippen LogP) is 1.42. The molecular weight excluding hydrogens is 262 g/mol. The van der Waals surface area contributed by atoms with Crippen LogP contribution in [0.1, 0.15) is 20.9 Å². The number of fused-ring (bicyclic) bond motifs is 1. The third-order valence-corrected chi connectivity index (χ3v) is 3.53. The number of hydrogen-bond acceptors (Lipinski definition) is 5. The van der Waals surface area contributed by atoms with E-state index in [0.29, 0.717) is 16.5 Å². The molecule has 3 rings (SSSR count). The van der Waals surface area contributed by atoms with Crippen LogP contribution in [-0.4, -0.2) is 25.7 Å². The monoisotopic (exact) mass is 273 g/mol. The number of nitrogens with one attached hydrogen (secondary N) is 1. The topological polar surface area (TPSA) is 72.2 Å². The number of hydrogen-bond donors (Lipinski definition) is 1. The van der Waals surface area contributed by atoms with Crippen molar-refractivity contribution in [2.75, 3.05) is 0 Å². The van der Waals surface area contributed by atoms with Crippen LogP contribution in [0.4, 0.5) is 0 Å². The van der Waals surface area contributed by atoms with Gasteiger partial charge in [-0.05, 0) is 12.5 Å². The molecule has 3 aromatic rings. The van der Waals surface area contributed by atoms with Crippen molar-refractivity contribution in [2.24, 2.45) is 0 Å². The van der Waals surface area contributed by atoms with E-state index < -0.39 is 0 Å². The molecule has 0 bridgehead atoms. The number of amides is 1. The Morgan fingerprint density at radius 1 is 1.47 bits per heavy atom. The number of benzene rings is 1. The van der Waals surface area contributed by atoms with Crippen molar-refractivity contribution in [3.63, 3.8) is 0 Å². The van der Waals surface area contributed by atoms with Crippen molar-refractivity contribution in [1.82, 2.24) is 25.1 Å². The number of aryl methyl sites for hydroxylation is 1. The normalized spacial score (nSPS) is 10.8. The van der Waals surface area contributed by atoms with Gasteiger partial charge in [0.2, 0.25) is 9.97 Å². The third kappa shape index (κ3) is 2.45. The van der Waals surface area contributed by atoms with Crippen LogP contribution in [-0.2, 0) is 6.54 Å². The van der Waals surface area contributed by atoms with Crippen molar-refractivity contribution in [2.45, 2.75) is 13.5 Å². The molecule has 2 aromatic heterocycles. The molecule has 0 saturated carbocycles. The van der Waals surface area contributed by atoms with E-state index in [1.807, 2.05) is 31.2 Å². The molecule has 1 aromatic carbocycles. The van der Waals surface area contributed by atoms with Crippen LogP contribution in [0.15, 0.2) is 30.6 Å². The molecular formula is C12H11N5OS. The fraction of sp³-hybridized carbons (Fsp3) is 0.167. The summed E-state index contributed by atoms with van der Waals surface area (Å²) in [6.45, 7) is 2.51. The van der Waals surface area contributed by atoms with Crippen LogP contribution in [0.2, 0.25) is 0 Å². The highest BCUT2D eigenvalue weighted by Gasteiger charge is 2.13. The molecule has 0 radical (unpaired) electrons. The summed E-state index contributed by atoms with van der Waals surface area (Å²) < 4.78 is 1.49. The van der Waals surface area contributed by atoms with Gasteiger partial charge >= 0.3 is 0 Å². The van der Waals surface area contributed by atoms with Crippen LogP contribution in [0, 0.1) is 6.92 Å². The fourth-order valence-corrected chi connectivity index (χ4v) is 2.47. The lowest BCUT2D eigenvalue weighted by molar-refractivity contribution is 0.0949. The van der Waals surface area contributed by atoms with Gasteiger partial charge in [0.25, 0.3) is 5.91 Å². The maximum absolute atomic E-state index is 11.9. The summed E-state index contributed by atoms with van der Waals surface area (Å²) in [6, 6.07) is 8.01. The second kappa shape index (κ2) is 4.77. The van der Waals surface area contributed by atoms with Crippen molar-refractivity contribution < 1.29 is 4.79 Å². The molecule has 19 heavy (non-hydrogen) atoms. The zero-order valence-electron chi connectivity index (χ0n) is 10.2. The van der Waals surface area contributed by atoms with E-state index >= 15 is 0 Å². The summed E-state index contributed by atoms with van der Waals surface area (Å²) in [4.78, 5) is 12.6. The second-order valence-corrected chi connectivity index (χ2v) is 5.09. The maximum Gasteiger partial charge on any atom is 0.282 e. The molecule has 0 aliphatic carbocycles. The first-order chi connectivity index (χ1) is 9.22. The largest absolute Gasteiger partial charge is 0.346 e. The van der Waals surface area contributed by atoms with Gasteiger partial charge in [-0.1, -0.05) is 41.2 Å². The highest BCUT2D eigenvalue weighted by Crippen LogP contribution is 2.11. The Balaban J connectivity index is 1.70. The minimum absolute atomic E-state index is 0.197. The number of rotatable bonds is 3. The third-order valence-electron chi connectivity index (χ3n) is 2.62. The minimum Gasteiger partial charge on any atom is -0.346 e. The Morgan fingerprint density at radius 3 is 3.16 bits per heavy atom. The van der Waals surface area contributed by atoms with E-state index in [1.165, 1.54) is 27.7 Å². The molecule has 0 saturated heterocycles. The van der Waals surface area contributed by atoms with E-state index in [0.717, 1.165) is 5.56 Å². The molecule has 0 unspecified atom stereocenters. The lowest BCUT2D eigenvalue weighted by Gasteiger charge is -2.03. The molecule has 2 heterocycles. The number of aromatic nitrogens is 4. The first kappa shape index (κ1) is 11.8. The fourth-order valence-electron chi connectivity index (χ4n) is 1.73. The van der Waals surface area contributed by atoms with Crippen LogP contribution in [0.3, 0.4) is 0 Å². The van der Waals surface area contributed by atoms with Gasteiger partial charge in [-0.25, -0.2) is 0 Å². The lowest BCUT2D eigenvalue weighted by atomic mass is 10.1. The number of carbonyl (C=O) groups excluding carboxylic acids is 1. The summed E-state index contributed by atoms with van der Waals surface area (Å²) in [5, 5.41) is 14.9. The van der Waals surface area contributed by atoms with Crippen molar-refractivity contribution in [1.29, 1.82) is 0 Å². The van der Waals surface area contributed by atoms with E-state index in [9.17, 15) is 4.79 Å². The Morgan fingerprint density at radius 2 is 2.37 bits per heavy atom. The Labute approximate surface area is 113 Å². The van der Waals surface area contributed by atoms with Gasteiger partial charge in [-0.2, -0.15) is 4.52 Å². The molecule has 1 N–H and O–H groups in total. The predicted molar refractivity (Wildman–Crippen MR) is 71.0 cm³/mol. The molecule has 7 heteroatoms. The first-order valence-corrected chi connectivity index (χ1v) is 6.54. The quantitative estimate of drug-likeness (QED) is 0.783. The van der Waals surface area contributed by atoms with Gasteiger partial charge < -0.3 is 5.32 Å². The SMILES string of the molecule is Cc1cccc(CNC(=O)c2nn3cnnc3s2)c1. The van der Waals surface area contributed by atoms with E-state index in [1.54, 1.807) is 0 Å². The standard InChI is InChI=1S/C12H11N5OS/c1-8-3-2-4-9(5-8)6-13-10(18)11-16-17-7-14-15-12(17)19-11/h2-5,7H,6H2,1H3,(H,13,18). The molecule has 6 nitrogen and oxygen atoms in total. The van der Waals surface area contributed by atoms with Crippen LogP contribution < -0.4 is 5.32 Å². The zero-order valence-corrected chi connectivity index (χ0v) is 11.0. The minimum atomic E-state index is -0.197. The van der Waals surface area contributed by atoms with Crippen LogP contribution in [0.5, 0.6) is 0 Å². The van der Waals surface area contributed by atoms with Crippen molar-refractivity contribution in [3.05, 3.63) is 46.7 Å². The van der Waals surface area contributed by atoms with Gasteiger partial charge in [-0.15, -0.1) is 15.3 Å². The smallest absolute Gasteiger partial charge is 0.282 e. The van der Waals surface area contributed by atoms with E-state index in [-0.39, 0.29) is 5.91 Å². The van der Waals surface area contributed by atoms with Gasteiger partial charge in [-0.3, -0.25) is 4.79 Å². The van der Waals surface area contributed by atoms with E-state index in [2.05, 4.69) is 20.6 Å². The molecule has 0 atom stereocenters. The molecule has 0 aliphatic heterocycles. The lowest BCUT2D eigenvalue weighted by Crippen LogP contribution is -2.22. The Hall–Kier alpha value is -2.28. The molecule has 0 fully saturated rings.